The van der Waals surface area contributed by atoms with Crippen LogP contribution < -0.4 is 56.3 Å². The summed E-state index contributed by atoms with van der Waals surface area (Å²) in [6.45, 7) is 7.38. The zero-order valence-corrected chi connectivity index (χ0v) is 22.8. The molecule has 0 saturated heterocycles. The van der Waals surface area contributed by atoms with Crippen LogP contribution in [0.25, 0.3) is 0 Å². The molecule has 0 amide bonds. The molecule has 168 valence electrons. The van der Waals surface area contributed by atoms with E-state index >= 15 is 0 Å². The fourth-order valence-corrected chi connectivity index (χ4v) is 4.54. The van der Waals surface area contributed by atoms with E-state index in [1.165, 1.54) is 0 Å². The van der Waals surface area contributed by atoms with E-state index < -0.39 is 25.9 Å². The van der Waals surface area contributed by atoms with Crippen molar-refractivity contribution in [1.82, 2.24) is 4.90 Å². The summed E-state index contributed by atoms with van der Waals surface area (Å²) in [6, 6.07) is 0.109. The van der Waals surface area contributed by atoms with E-state index in [-0.39, 0.29) is 76.2 Å². The van der Waals surface area contributed by atoms with Gasteiger partial charge in [-0.3, -0.25) is 4.57 Å². The van der Waals surface area contributed by atoms with Crippen molar-refractivity contribution in [1.29, 1.82) is 0 Å². The van der Waals surface area contributed by atoms with E-state index in [0.717, 1.165) is 11.4 Å². The van der Waals surface area contributed by atoms with Crippen molar-refractivity contribution in [3.05, 3.63) is 34.7 Å². The summed E-state index contributed by atoms with van der Waals surface area (Å²) in [5, 5.41) is 0. The Morgan fingerprint density at radius 2 is 1.52 bits per heavy atom. The molecule has 1 aliphatic carbocycles. The van der Waals surface area contributed by atoms with Crippen LogP contribution in [0.1, 0.15) is 53.4 Å². The van der Waals surface area contributed by atoms with Crippen LogP contribution in [-0.2, 0) is 28.2 Å². The summed E-state index contributed by atoms with van der Waals surface area (Å²) >= 11 is 0. The van der Waals surface area contributed by atoms with Gasteiger partial charge in [-0.25, -0.2) is 9.59 Å². The molecule has 0 spiro atoms. The van der Waals surface area contributed by atoms with Crippen LogP contribution >= 0.6 is 7.82 Å². The Labute approximate surface area is 225 Å². The predicted octanol–water partition coefficient (Wildman–Crippen LogP) is -0.675. The first-order chi connectivity index (χ1) is 14.1. The van der Waals surface area contributed by atoms with Crippen molar-refractivity contribution in [3.63, 3.8) is 0 Å². The number of esters is 2. The Morgan fingerprint density at radius 3 is 1.90 bits per heavy atom. The van der Waals surface area contributed by atoms with Crippen molar-refractivity contribution in [3.8, 4) is 0 Å². The normalized spacial score (nSPS) is 23.0. The van der Waals surface area contributed by atoms with E-state index in [0.29, 0.717) is 31.3 Å². The van der Waals surface area contributed by atoms with Gasteiger partial charge in [0, 0.05) is 17.4 Å². The Kier molecular flexibility index (Phi) is 11.9. The minimum absolute atomic E-state index is 0. The molecule has 1 aliphatic heterocycles. The zero-order chi connectivity index (χ0) is 22.5. The standard InChI is InChI=1S/C20H30NO8P.K/c1-5-27-19(22)18(20(23)28-6-2)15-11-13(3)21(14(4)12-15)16-7-9-17(10-8-16)29-30(24,25)26;/h11-12,16-17H,5-10H2,1-4H3,(H2,24,25,26);/q;+1/p-1. The number of carbonyl (C=O) groups is 2. The molecule has 0 aromatic carbocycles. The number of hydrogen-bond donors (Lipinski definition) is 1. The van der Waals surface area contributed by atoms with Crippen molar-refractivity contribution in [2.45, 2.75) is 65.5 Å². The summed E-state index contributed by atoms with van der Waals surface area (Å²) in [6.07, 6.45) is 5.30. The van der Waals surface area contributed by atoms with E-state index in [1.54, 1.807) is 26.0 Å². The number of rotatable bonds is 7. The molecule has 1 atom stereocenters. The fourth-order valence-electron chi connectivity index (χ4n) is 3.95. The van der Waals surface area contributed by atoms with Gasteiger partial charge in [-0.2, -0.15) is 0 Å². The molecule has 0 aromatic heterocycles. The van der Waals surface area contributed by atoms with Crippen LogP contribution in [0.5, 0.6) is 0 Å². The maximum atomic E-state index is 12.4. The molecule has 1 unspecified atom stereocenters. The number of phosphoric acid groups is 1. The molecule has 11 heteroatoms. The molecule has 1 saturated carbocycles. The molecule has 0 radical (unpaired) electrons. The number of phosphoric ester groups is 1. The largest absolute Gasteiger partial charge is 1.00 e. The molecule has 2 rings (SSSR count). The van der Waals surface area contributed by atoms with Crippen molar-refractivity contribution >= 4 is 19.8 Å². The third-order valence-corrected chi connectivity index (χ3v) is 5.59. The smallest absolute Gasteiger partial charge is 0.756 e. The van der Waals surface area contributed by atoms with Gasteiger partial charge in [0.25, 0.3) is 7.82 Å². The molecule has 0 bridgehead atoms. The quantitative estimate of drug-likeness (QED) is 0.126. The van der Waals surface area contributed by atoms with Gasteiger partial charge in [0.15, 0.2) is 5.57 Å². The summed E-state index contributed by atoms with van der Waals surface area (Å²) < 4.78 is 25.7. The maximum absolute atomic E-state index is 12.4. The van der Waals surface area contributed by atoms with E-state index in [4.69, 9.17) is 18.9 Å². The molecule has 31 heavy (non-hydrogen) atoms. The van der Waals surface area contributed by atoms with E-state index in [2.05, 4.69) is 4.90 Å². The average molecular weight is 482 g/mol. The van der Waals surface area contributed by atoms with Crippen LogP contribution in [-0.4, -0.2) is 47.1 Å². The first kappa shape index (κ1) is 28.7. The van der Waals surface area contributed by atoms with Gasteiger partial charge in [-0.05, 0) is 71.1 Å². The first-order valence-electron chi connectivity index (χ1n) is 10.0. The van der Waals surface area contributed by atoms with Crippen molar-refractivity contribution in [2.75, 3.05) is 13.2 Å². The van der Waals surface area contributed by atoms with Gasteiger partial charge >= 0.3 is 63.3 Å². The molecular weight excluding hydrogens is 452 g/mol. The fraction of sp³-hybridized carbons (Fsp3) is 0.600. The molecule has 1 fully saturated rings. The SMILES string of the molecule is CCOC(=O)C(C(=O)OCC)=C1C=C(C)N(C2CCC(OP(=O)([O-])O)CC2)C(C)=C1.[K+]. The minimum Gasteiger partial charge on any atom is -0.756 e. The Balaban J connectivity index is 0.00000480. The zero-order valence-electron chi connectivity index (χ0n) is 18.8. The molecule has 2 aliphatic rings. The van der Waals surface area contributed by atoms with E-state index in [9.17, 15) is 19.0 Å². The molecular formula is C20H29KNO8P. The molecule has 9 nitrogen and oxygen atoms in total. The maximum Gasteiger partial charge on any atom is 1.00 e. The third-order valence-electron chi connectivity index (χ3n) is 5.03. The predicted molar refractivity (Wildman–Crippen MR) is 107 cm³/mol. The van der Waals surface area contributed by atoms with Crippen LogP contribution in [0.15, 0.2) is 34.7 Å². The number of hydrogen-bond acceptors (Lipinski definition) is 8. The number of carbonyl (C=O) groups excluding carboxylic acids is 2. The summed E-state index contributed by atoms with van der Waals surface area (Å²) in [4.78, 5) is 46.7. The molecule has 0 aromatic rings. The van der Waals surface area contributed by atoms with Crippen LogP contribution in [0.2, 0.25) is 0 Å². The van der Waals surface area contributed by atoms with E-state index in [1.807, 2.05) is 13.8 Å². The van der Waals surface area contributed by atoms with Crippen LogP contribution in [0.4, 0.5) is 0 Å². The van der Waals surface area contributed by atoms with Crippen molar-refractivity contribution < 1.29 is 89.3 Å². The third kappa shape index (κ3) is 8.21. The average Bonchev–Trinajstić information content (AvgIpc) is 2.62. The second-order valence-electron chi connectivity index (χ2n) is 7.22. The van der Waals surface area contributed by atoms with Crippen molar-refractivity contribution in [2.24, 2.45) is 0 Å². The number of allylic oxidation sites excluding steroid dienone is 5. The van der Waals surface area contributed by atoms with Gasteiger partial charge in [-0.1, -0.05) is 0 Å². The second-order valence-corrected chi connectivity index (χ2v) is 8.37. The van der Waals surface area contributed by atoms with Gasteiger partial charge in [0.1, 0.15) is 0 Å². The minimum atomic E-state index is -4.74. The van der Waals surface area contributed by atoms with Gasteiger partial charge in [0.2, 0.25) is 0 Å². The van der Waals surface area contributed by atoms with Crippen LogP contribution in [0.3, 0.4) is 0 Å². The van der Waals surface area contributed by atoms with Gasteiger partial charge < -0.3 is 28.7 Å². The number of nitrogens with zero attached hydrogens (tertiary/aromatic N) is 1. The Morgan fingerprint density at radius 1 is 1.06 bits per heavy atom. The Hall–Kier alpha value is -0.294. The molecule has 1 heterocycles. The van der Waals surface area contributed by atoms with Gasteiger partial charge in [0.05, 0.1) is 19.3 Å². The second kappa shape index (κ2) is 12.8. The topological polar surface area (TPSA) is 125 Å². The number of ether oxygens (including phenoxy) is 2. The van der Waals surface area contributed by atoms with Crippen LogP contribution in [0, 0.1) is 0 Å². The van der Waals surface area contributed by atoms with Gasteiger partial charge in [-0.15, -0.1) is 0 Å². The summed E-state index contributed by atoms with van der Waals surface area (Å²) in [5.41, 5.74) is 1.99. The Bertz CT molecular complexity index is 766. The molecule has 1 N–H and O–H groups in total. The summed E-state index contributed by atoms with van der Waals surface area (Å²) in [5.74, 6) is -1.45. The summed E-state index contributed by atoms with van der Waals surface area (Å²) in [7, 11) is -4.74. The first-order valence-corrected chi connectivity index (χ1v) is 11.5. The monoisotopic (exact) mass is 481 g/mol.